The number of aromatic nitrogens is 1. The summed E-state index contributed by atoms with van der Waals surface area (Å²) in [6, 6.07) is 4.40. The van der Waals surface area contributed by atoms with Crippen molar-refractivity contribution in [1.29, 1.82) is 0 Å². The van der Waals surface area contributed by atoms with E-state index >= 15 is 0 Å². The highest BCUT2D eigenvalue weighted by Crippen LogP contribution is 2.17. The van der Waals surface area contributed by atoms with Crippen LogP contribution in [0.1, 0.15) is 52.3 Å². The molecule has 21 heavy (non-hydrogen) atoms. The Hall–Kier alpha value is -1.09. The zero-order valence-corrected chi connectivity index (χ0v) is 14.7. The smallest absolute Gasteiger partial charge is 0.128 e. The van der Waals surface area contributed by atoms with Gasteiger partial charge in [-0.1, -0.05) is 40.2 Å². The van der Waals surface area contributed by atoms with Gasteiger partial charge in [-0.05, 0) is 43.9 Å². The van der Waals surface area contributed by atoms with Crippen LogP contribution in [0.25, 0.3) is 0 Å². The van der Waals surface area contributed by atoms with Crippen LogP contribution in [0.2, 0.25) is 0 Å². The van der Waals surface area contributed by atoms with E-state index in [1.807, 2.05) is 0 Å². The minimum absolute atomic E-state index is 0.684. The lowest BCUT2D eigenvalue weighted by Crippen LogP contribution is -2.29. The standard InChI is InChI=1S/C18H33N3/c1-7-15(5)13-21(8-2)18-10-9-17(16(6)20-18)12-19-11-14(3)4/h9-10,14-15,19H,7-8,11-13H2,1-6H3. The predicted octanol–water partition coefficient (Wildman–Crippen LogP) is 4.01. The minimum Gasteiger partial charge on any atom is -0.357 e. The van der Waals surface area contributed by atoms with E-state index in [9.17, 15) is 0 Å². The number of hydrogen-bond acceptors (Lipinski definition) is 3. The highest BCUT2D eigenvalue weighted by molar-refractivity contribution is 5.41. The van der Waals surface area contributed by atoms with E-state index < -0.39 is 0 Å². The molecule has 120 valence electrons. The number of anilines is 1. The van der Waals surface area contributed by atoms with Gasteiger partial charge in [0.25, 0.3) is 0 Å². The first kappa shape index (κ1) is 18.0. The van der Waals surface area contributed by atoms with E-state index in [0.29, 0.717) is 11.8 Å². The van der Waals surface area contributed by atoms with Crippen molar-refractivity contribution in [3.63, 3.8) is 0 Å². The second-order valence-corrected chi connectivity index (χ2v) is 6.49. The van der Waals surface area contributed by atoms with Crippen LogP contribution in [0.15, 0.2) is 12.1 Å². The van der Waals surface area contributed by atoms with Gasteiger partial charge in [0.1, 0.15) is 5.82 Å². The molecule has 0 spiro atoms. The van der Waals surface area contributed by atoms with E-state index in [2.05, 4.69) is 63.9 Å². The number of rotatable bonds is 9. The van der Waals surface area contributed by atoms with Gasteiger partial charge >= 0.3 is 0 Å². The SMILES string of the molecule is CCC(C)CN(CC)c1ccc(CNCC(C)C)c(C)n1. The van der Waals surface area contributed by atoms with E-state index in [-0.39, 0.29) is 0 Å². The average molecular weight is 291 g/mol. The van der Waals surface area contributed by atoms with Crippen molar-refractivity contribution in [2.45, 2.75) is 54.5 Å². The molecule has 3 heteroatoms. The van der Waals surface area contributed by atoms with Gasteiger partial charge in [0.05, 0.1) is 0 Å². The summed E-state index contributed by atoms with van der Waals surface area (Å²) in [5.41, 5.74) is 2.45. The first-order valence-electron chi connectivity index (χ1n) is 8.40. The van der Waals surface area contributed by atoms with Crippen molar-refractivity contribution in [3.8, 4) is 0 Å². The summed E-state index contributed by atoms with van der Waals surface area (Å²) in [5, 5.41) is 3.49. The molecule has 0 aliphatic heterocycles. The van der Waals surface area contributed by atoms with Crippen LogP contribution in [-0.2, 0) is 6.54 Å². The number of nitrogens with one attached hydrogen (secondary N) is 1. The monoisotopic (exact) mass is 291 g/mol. The Morgan fingerprint density at radius 3 is 2.43 bits per heavy atom. The number of pyridine rings is 1. The lowest BCUT2D eigenvalue weighted by Gasteiger charge is -2.25. The van der Waals surface area contributed by atoms with Crippen molar-refractivity contribution in [1.82, 2.24) is 10.3 Å². The molecule has 0 amide bonds. The topological polar surface area (TPSA) is 28.2 Å². The zero-order chi connectivity index (χ0) is 15.8. The number of aryl methyl sites for hydroxylation is 1. The van der Waals surface area contributed by atoms with Crippen molar-refractivity contribution < 1.29 is 0 Å². The Balaban J connectivity index is 2.71. The zero-order valence-electron chi connectivity index (χ0n) is 14.7. The van der Waals surface area contributed by atoms with E-state index in [4.69, 9.17) is 4.98 Å². The molecule has 1 N–H and O–H groups in total. The van der Waals surface area contributed by atoms with Crippen LogP contribution in [0.3, 0.4) is 0 Å². The molecule has 1 unspecified atom stereocenters. The average Bonchev–Trinajstić information content (AvgIpc) is 2.45. The van der Waals surface area contributed by atoms with Gasteiger partial charge in [-0.3, -0.25) is 0 Å². The molecule has 0 bridgehead atoms. The largest absolute Gasteiger partial charge is 0.357 e. The van der Waals surface area contributed by atoms with Crippen LogP contribution < -0.4 is 10.2 Å². The molecule has 0 saturated carbocycles. The first-order chi connectivity index (χ1) is 9.97. The lowest BCUT2D eigenvalue weighted by molar-refractivity contribution is 0.543. The molecule has 1 atom stereocenters. The summed E-state index contributed by atoms with van der Waals surface area (Å²) in [4.78, 5) is 7.20. The Bertz CT molecular complexity index is 415. The molecular formula is C18H33N3. The van der Waals surface area contributed by atoms with Crippen molar-refractivity contribution in [2.75, 3.05) is 24.5 Å². The third-order valence-corrected chi connectivity index (χ3v) is 3.98. The fraction of sp³-hybridized carbons (Fsp3) is 0.722. The Morgan fingerprint density at radius 2 is 1.90 bits per heavy atom. The molecule has 1 aromatic heterocycles. The molecule has 0 aliphatic rings. The third kappa shape index (κ3) is 6.04. The van der Waals surface area contributed by atoms with E-state index in [0.717, 1.165) is 37.7 Å². The summed E-state index contributed by atoms with van der Waals surface area (Å²) in [6.07, 6.45) is 1.21. The highest BCUT2D eigenvalue weighted by Gasteiger charge is 2.11. The molecule has 0 saturated heterocycles. The van der Waals surface area contributed by atoms with Gasteiger partial charge in [0.2, 0.25) is 0 Å². The molecule has 1 aromatic rings. The van der Waals surface area contributed by atoms with E-state index in [1.165, 1.54) is 12.0 Å². The minimum atomic E-state index is 0.684. The van der Waals surface area contributed by atoms with E-state index in [1.54, 1.807) is 0 Å². The maximum Gasteiger partial charge on any atom is 0.128 e. The third-order valence-electron chi connectivity index (χ3n) is 3.98. The summed E-state index contributed by atoms with van der Waals surface area (Å²) < 4.78 is 0. The Kier molecular flexibility index (Phi) is 7.73. The van der Waals surface area contributed by atoms with Crippen LogP contribution >= 0.6 is 0 Å². The molecule has 0 aromatic carbocycles. The summed E-state index contributed by atoms with van der Waals surface area (Å²) in [6.45, 7) is 17.4. The number of hydrogen-bond donors (Lipinski definition) is 1. The molecule has 0 aliphatic carbocycles. The predicted molar refractivity (Wildman–Crippen MR) is 92.9 cm³/mol. The van der Waals surface area contributed by atoms with Gasteiger partial charge in [-0.15, -0.1) is 0 Å². The molecule has 1 heterocycles. The van der Waals surface area contributed by atoms with Crippen molar-refractivity contribution >= 4 is 5.82 Å². The molecule has 1 rings (SSSR count). The highest BCUT2D eigenvalue weighted by atomic mass is 15.2. The van der Waals surface area contributed by atoms with Gasteiger partial charge in [0.15, 0.2) is 0 Å². The van der Waals surface area contributed by atoms with Crippen LogP contribution in [-0.4, -0.2) is 24.6 Å². The molecule has 3 nitrogen and oxygen atoms in total. The maximum absolute atomic E-state index is 4.82. The van der Waals surface area contributed by atoms with Gasteiger partial charge in [0, 0.05) is 25.3 Å². The molecular weight excluding hydrogens is 258 g/mol. The Morgan fingerprint density at radius 1 is 1.19 bits per heavy atom. The fourth-order valence-corrected chi connectivity index (χ4v) is 2.33. The number of nitrogens with zero attached hydrogens (tertiary/aromatic N) is 2. The molecule has 0 fully saturated rings. The van der Waals surface area contributed by atoms with Crippen LogP contribution in [0.4, 0.5) is 5.82 Å². The normalized spacial score (nSPS) is 12.7. The summed E-state index contributed by atoms with van der Waals surface area (Å²) >= 11 is 0. The van der Waals surface area contributed by atoms with Gasteiger partial charge < -0.3 is 10.2 Å². The van der Waals surface area contributed by atoms with Gasteiger partial charge in [-0.25, -0.2) is 4.98 Å². The van der Waals surface area contributed by atoms with Gasteiger partial charge in [-0.2, -0.15) is 0 Å². The summed E-state index contributed by atoms with van der Waals surface area (Å²) in [7, 11) is 0. The lowest BCUT2D eigenvalue weighted by atomic mass is 10.1. The Labute approximate surface area is 131 Å². The van der Waals surface area contributed by atoms with Crippen LogP contribution in [0, 0.1) is 18.8 Å². The maximum atomic E-state index is 4.82. The second kappa shape index (κ2) is 9.04. The van der Waals surface area contributed by atoms with Crippen LogP contribution in [0.5, 0.6) is 0 Å². The molecule has 0 radical (unpaired) electrons. The van der Waals surface area contributed by atoms with Crippen molar-refractivity contribution in [3.05, 3.63) is 23.4 Å². The van der Waals surface area contributed by atoms with Crippen molar-refractivity contribution in [2.24, 2.45) is 11.8 Å². The fourth-order valence-electron chi connectivity index (χ4n) is 2.33. The quantitative estimate of drug-likeness (QED) is 0.745. The second-order valence-electron chi connectivity index (χ2n) is 6.49. The summed E-state index contributed by atoms with van der Waals surface area (Å²) in [5.74, 6) is 2.51. The first-order valence-corrected chi connectivity index (χ1v) is 8.40.